The van der Waals surface area contributed by atoms with Gasteiger partial charge in [0.25, 0.3) is 9.24 Å². The molecule has 0 aliphatic heterocycles. The largest absolute Gasteiger partial charge is 0.299 e. The summed E-state index contributed by atoms with van der Waals surface area (Å²) in [5.74, 6) is 0. The van der Waals surface area contributed by atoms with Crippen molar-refractivity contribution in [2.24, 2.45) is 0 Å². The number of nitrogens with zero attached hydrogens (tertiary/aromatic N) is 2. The van der Waals surface area contributed by atoms with Crippen LogP contribution in [0.1, 0.15) is 10.6 Å². The van der Waals surface area contributed by atoms with Crippen LogP contribution in [0.4, 0.5) is 0 Å². The molecule has 0 spiro atoms. The Morgan fingerprint density at radius 2 is 2.31 bits per heavy atom. The number of aryl methyl sites for hydroxylation is 1. The van der Waals surface area contributed by atoms with Crippen LogP contribution in [0.5, 0.6) is 0 Å². The second kappa shape index (κ2) is 3.91. The molecule has 74 valence electrons. The number of hydrogen-bond acceptors (Lipinski definition) is 4. The van der Waals surface area contributed by atoms with E-state index in [9.17, 15) is 8.42 Å². The molecule has 13 heavy (non-hydrogen) atoms. The zero-order valence-corrected chi connectivity index (χ0v) is 9.58. The van der Waals surface area contributed by atoms with Crippen molar-refractivity contribution in [2.75, 3.05) is 7.05 Å². The van der Waals surface area contributed by atoms with Gasteiger partial charge in [-0.15, -0.1) is 11.3 Å². The van der Waals surface area contributed by atoms with Gasteiger partial charge in [-0.3, -0.25) is 0 Å². The first-order valence-electron chi connectivity index (χ1n) is 3.46. The third-order valence-corrected chi connectivity index (χ3v) is 4.08. The molecule has 0 radical (unpaired) electrons. The summed E-state index contributed by atoms with van der Waals surface area (Å²) in [5.41, 5.74) is 2.52. The smallest absolute Gasteiger partial charge is 0.250 e. The van der Waals surface area contributed by atoms with Gasteiger partial charge in [0.1, 0.15) is 0 Å². The number of thiazole rings is 1. The summed E-state index contributed by atoms with van der Waals surface area (Å²) in [6, 6.07) is 0. The molecule has 0 fully saturated rings. The lowest BCUT2D eigenvalue weighted by molar-refractivity contribution is 0.482. The van der Waals surface area contributed by atoms with Crippen LogP contribution in [0, 0.1) is 6.92 Å². The maximum Gasteiger partial charge on any atom is 0.299 e. The molecule has 1 heterocycles. The highest BCUT2D eigenvalue weighted by Gasteiger charge is 2.15. The van der Waals surface area contributed by atoms with Crippen LogP contribution in [0.25, 0.3) is 0 Å². The molecular weight excluding hydrogens is 232 g/mol. The van der Waals surface area contributed by atoms with Crippen molar-refractivity contribution in [3.63, 3.8) is 0 Å². The fraction of sp³-hybridized carbons (Fsp3) is 0.500. The molecule has 0 aliphatic rings. The number of halogens is 1. The topological polar surface area (TPSA) is 50.3 Å². The lowest BCUT2D eigenvalue weighted by Crippen LogP contribution is -2.21. The van der Waals surface area contributed by atoms with Gasteiger partial charge < -0.3 is 0 Å². The Morgan fingerprint density at radius 3 is 2.69 bits per heavy atom. The highest BCUT2D eigenvalue weighted by molar-refractivity contribution is 8.11. The molecule has 0 atom stereocenters. The monoisotopic (exact) mass is 240 g/mol. The van der Waals surface area contributed by atoms with Crippen LogP contribution in [0.3, 0.4) is 0 Å². The quantitative estimate of drug-likeness (QED) is 0.750. The van der Waals surface area contributed by atoms with Crippen molar-refractivity contribution < 1.29 is 8.42 Å². The summed E-state index contributed by atoms with van der Waals surface area (Å²) in [6.45, 7) is 2.11. The van der Waals surface area contributed by atoms with Crippen molar-refractivity contribution in [1.82, 2.24) is 9.29 Å². The molecular formula is C6H9ClN2O2S2. The number of rotatable bonds is 3. The van der Waals surface area contributed by atoms with Gasteiger partial charge in [0.2, 0.25) is 0 Å². The lowest BCUT2D eigenvalue weighted by Gasteiger charge is -2.10. The van der Waals surface area contributed by atoms with Gasteiger partial charge in [0, 0.05) is 22.6 Å². The maximum absolute atomic E-state index is 10.8. The highest BCUT2D eigenvalue weighted by Crippen LogP contribution is 2.16. The zero-order valence-electron chi connectivity index (χ0n) is 7.19. The van der Waals surface area contributed by atoms with E-state index in [0.29, 0.717) is 0 Å². The van der Waals surface area contributed by atoms with Crippen LogP contribution in [0.2, 0.25) is 0 Å². The second-order valence-electron chi connectivity index (χ2n) is 2.56. The predicted molar refractivity (Wildman–Crippen MR) is 53.1 cm³/mol. The van der Waals surface area contributed by atoms with E-state index in [0.717, 1.165) is 14.9 Å². The Kier molecular flexibility index (Phi) is 3.28. The highest BCUT2D eigenvalue weighted by atomic mass is 35.7. The van der Waals surface area contributed by atoms with E-state index < -0.39 is 9.24 Å². The Hall–Kier alpha value is -0.170. The summed E-state index contributed by atoms with van der Waals surface area (Å²) in [5, 5.41) is 0. The molecule has 0 saturated heterocycles. The molecule has 0 aliphatic carbocycles. The molecule has 1 aromatic rings. The van der Waals surface area contributed by atoms with Crippen LogP contribution in [-0.4, -0.2) is 24.8 Å². The average Bonchev–Trinajstić information content (AvgIpc) is 2.34. The van der Waals surface area contributed by atoms with Crippen molar-refractivity contribution in [2.45, 2.75) is 13.5 Å². The fourth-order valence-corrected chi connectivity index (χ4v) is 2.10. The number of hydrogen-bond donors (Lipinski definition) is 0. The molecule has 7 heteroatoms. The Morgan fingerprint density at radius 1 is 1.69 bits per heavy atom. The van der Waals surface area contributed by atoms with Gasteiger partial charge in [-0.1, -0.05) is 0 Å². The van der Waals surface area contributed by atoms with Gasteiger partial charge in [0.05, 0.1) is 17.7 Å². The first-order valence-corrected chi connectivity index (χ1v) is 6.60. The Balaban J connectivity index is 2.77. The summed E-state index contributed by atoms with van der Waals surface area (Å²) in [6.07, 6.45) is 0. The molecule has 0 N–H and O–H groups in total. The lowest BCUT2D eigenvalue weighted by atomic mass is 10.4. The summed E-state index contributed by atoms with van der Waals surface area (Å²) in [7, 11) is 2.96. The fourth-order valence-electron chi connectivity index (χ4n) is 0.757. The minimum Gasteiger partial charge on any atom is -0.250 e. The van der Waals surface area contributed by atoms with Crippen LogP contribution >= 0.6 is 22.0 Å². The van der Waals surface area contributed by atoms with Gasteiger partial charge >= 0.3 is 0 Å². The first-order chi connectivity index (χ1) is 5.91. The van der Waals surface area contributed by atoms with Crippen LogP contribution < -0.4 is 0 Å². The third kappa shape index (κ3) is 2.91. The summed E-state index contributed by atoms with van der Waals surface area (Å²) >= 11 is 1.42. The molecule has 0 unspecified atom stereocenters. The SMILES string of the molecule is Cc1ncsc1CN(C)S(=O)(=O)Cl. The van der Waals surface area contributed by atoms with E-state index in [1.807, 2.05) is 6.92 Å². The molecule has 1 rings (SSSR count). The molecule has 1 aromatic heterocycles. The van der Waals surface area contributed by atoms with Crippen LogP contribution in [-0.2, 0) is 15.8 Å². The standard InChI is InChI=1S/C6H9ClN2O2S2/c1-5-6(12-4-8-5)3-9(2)13(7,10)11/h4H,3H2,1-2H3. The van der Waals surface area contributed by atoms with E-state index in [4.69, 9.17) is 10.7 Å². The van der Waals surface area contributed by atoms with E-state index in [1.54, 1.807) is 5.51 Å². The molecule has 0 amide bonds. The Labute approximate surface area is 85.7 Å². The molecule has 0 saturated carbocycles. The van der Waals surface area contributed by atoms with E-state index in [1.165, 1.54) is 18.4 Å². The third-order valence-electron chi connectivity index (χ3n) is 1.58. The first kappa shape index (κ1) is 10.9. The number of aromatic nitrogens is 1. The van der Waals surface area contributed by atoms with Crippen molar-refractivity contribution in [1.29, 1.82) is 0 Å². The Bertz CT molecular complexity index is 387. The minimum absolute atomic E-state index is 0.280. The summed E-state index contributed by atoms with van der Waals surface area (Å²) in [4.78, 5) is 4.91. The van der Waals surface area contributed by atoms with E-state index >= 15 is 0 Å². The van der Waals surface area contributed by atoms with Crippen LogP contribution in [0.15, 0.2) is 5.51 Å². The second-order valence-corrected chi connectivity index (χ2v) is 6.12. The predicted octanol–water partition coefficient (Wildman–Crippen LogP) is 1.37. The normalized spacial score (nSPS) is 12.3. The zero-order chi connectivity index (χ0) is 10.1. The molecule has 0 bridgehead atoms. The van der Waals surface area contributed by atoms with Gasteiger partial charge in [0.15, 0.2) is 0 Å². The van der Waals surface area contributed by atoms with Crippen molar-refractivity contribution in [3.8, 4) is 0 Å². The van der Waals surface area contributed by atoms with E-state index in [2.05, 4.69) is 4.98 Å². The average molecular weight is 241 g/mol. The maximum atomic E-state index is 10.8. The molecule has 0 aromatic carbocycles. The van der Waals surface area contributed by atoms with Gasteiger partial charge in [-0.05, 0) is 6.92 Å². The van der Waals surface area contributed by atoms with E-state index in [-0.39, 0.29) is 6.54 Å². The van der Waals surface area contributed by atoms with Gasteiger partial charge in [-0.2, -0.15) is 12.7 Å². The van der Waals surface area contributed by atoms with Crippen molar-refractivity contribution >= 4 is 31.3 Å². The molecule has 4 nitrogen and oxygen atoms in total. The van der Waals surface area contributed by atoms with Gasteiger partial charge in [-0.25, -0.2) is 4.98 Å². The summed E-state index contributed by atoms with van der Waals surface area (Å²) < 4.78 is 22.8. The minimum atomic E-state index is -3.61. The van der Waals surface area contributed by atoms with Crippen molar-refractivity contribution in [3.05, 3.63) is 16.1 Å².